The zero-order valence-corrected chi connectivity index (χ0v) is 47.9. The molecule has 0 aliphatic carbocycles. The minimum Gasteiger partial charge on any atom is -0.756 e. The van der Waals surface area contributed by atoms with E-state index in [0.29, 0.717) is 23.9 Å². The van der Waals surface area contributed by atoms with Crippen molar-refractivity contribution in [3.63, 3.8) is 0 Å². The summed E-state index contributed by atoms with van der Waals surface area (Å²) in [5, 5.41) is 0. The number of likely N-dealkylation sites (N-methyl/N-ethyl adjacent to an activating group) is 1. The molecule has 73 heavy (non-hydrogen) atoms. The van der Waals surface area contributed by atoms with Gasteiger partial charge in [0.05, 0.1) is 27.7 Å². The molecule has 2 atom stereocenters. The molecule has 0 N–H and O–H groups in total. The molecule has 0 aromatic heterocycles. The third-order valence-electron chi connectivity index (χ3n) is 11.7. The predicted octanol–water partition coefficient (Wildman–Crippen LogP) is 17.3. The number of esters is 2. The molecule has 0 aromatic carbocycles. The molecule has 0 fully saturated rings. The Morgan fingerprint density at radius 2 is 0.781 bits per heavy atom. The standard InChI is InChI=1S/C63H106NO8P/c1-6-8-10-12-14-16-18-20-22-23-24-25-26-27-28-29-30-31-32-33-34-35-36-37-38-39-40-41-42-44-46-48-50-52-54-56-63(66)72-61(60-71-73(67,68)70-58-57-64(3,4)5)59-69-62(65)55-53-51-49-47-45-43-21-19-17-15-13-11-9-7-2/h8,10,13-16,19-22,24-25,27-28,30-31,33-34,36-37,61H,6-7,9,11-12,17-18,23,26,29,32,35,38-60H2,1-5H3/b10-8-,15-13-,16-14-,21-19-,22-20-,25-24-,28-27-,31-30-,34-33-,37-36-. The summed E-state index contributed by atoms with van der Waals surface area (Å²) in [4.78, 5) is 37.8. The largest absolute Gasteiger partial charge is 0.756 e. The van der Waals surface area contributed by atoms with E-state index in [-0.39, 0.29) is 26.1 Å². The van der Waals surface area contributed by atoms with Crippen LogP contribution in [-0.4, -0.2) is 70.0 Å². The molecule has 0 heterocycles. The monoisotopic (exact) mass is 1040 g/mol. The summed E-state index contributed by atoms with van der Waals surface area (Å²) in [6, 6.07) is 0. The van der Waals surface area contributed by atoms with Crippen LogP contribution in [0.3, 0.4) is 0 Å². The van der Waals surface area contributed by atoms with Gasteiger partial charge in [-0.15, -0.1) is 0 Å². The first-order valence-corrected chi connectivity index (χ1v) is 30.2. The number of carbonyl (C=O) groups excluding carboxylic acids is 2. The van der Waals surface area contributed by atoms with Crippen molar-refractivity contribution >= 4 is 19.8 Å². The van der Waals surface area contributed by atoms with Gasteiger partial charge in [0.2, 0.25) is 0 Å². The van der Waals surface area contributed by atoms with Crippen molar-refractivity contribution in [1.82, 2.24) is 0 Å². The van der Waals surface area contributed by atoms with Crippen molar-refractivity contribution < 1.29 is 42.1 Å². The third kappa shape index (κ3) is 57.5. The number of hydrogen-bond acceptors (Lipinski definition) is 8. The van der Waals surface area contributed by atoms with Gasteiger partial charge in [-0.25, -0.2) is 0 Å². The second-order valence-corrected chi connectivity index (χ2v) is 21.3. The Bertz CT molecular complexity index is 1650. The average molecular weight is 1040 g/mol. The number of phosphoric acid groups is 1. The van der Waals surface area contributed by atoms with Crippen LogP contribution < -0.4 is 4.89 Å². The zero-order chi connectivity index (χ0) is 53.5. The molecule has 0 bridgehead atoms. The summed E-state index contributed by atoms with van der Waals surface area (Å²) in [5.74, 6) is -0.862. The molecule has 0 amide bonds. The molecule has 416 valence electrons. The summed E-state index contributed by atoms with van der Waals surface area (Å²) in [6.45, 7) is 4.04. The van der Waals surface area contributed by atoms with Crippen molar-refractivity contribution in [2.45, 2.75) is 219 Å². The number of rotatable bonds is 51. The second-order valence-electron chi connectivity index (χ2n) is 19.9. The van der Waals surface area contributed by atoms with E-state index < -0.39 is 32.5 Å². The topological polar surface area (TPSA) is 111 Å². The van der Waals surface area contributed by atoms with E-state index in [1.807, 2.05) is 21.1 Å². The summed E-state index contributed by atoms with van der Waals surface area (Å²) in [6.07, 6.45) is 75.3. The summed E-state index contributed by atoms with van der Waals surface area (Å²) < 4.78 is 34.1. The zero-order valence-electron chi connectivity index (χ0n) is 47.0. The molecule has 0 aliphatic rings. The van der Waals surface area contributed by atoms with E-state index in [1.165, 1.54) is 51.4 Å². The number of hydrogen-bond donors (Lipinski definition) is 0. The first-order chi connectivity index (χ1) is 35.5. The number of ether oxygens (including phenoxy) is 2. The fourth-order valence-corrected chi connectivity index (χ4v) is 8.00. The molecular weight excluding hydrogens is 930 g/mol. The van der Waals surface area contributed by atoms with Gasteiger partial charge in [-0.3, -0.25) is 14.2 Å². The van der Waals surface area contributed by atoms with Crippen molar-refractivity contribution in [2.24, 2.45) is 0 Å². The van der Waals surface area contributed by atoms with Crippen molar-refractivity contribution in [3.8, 4) is 0 Å². The maximum atomic E-state index is 12.8. The number of nitrogens with zero attached hydrogens (tertiary/aromatic N) is 1. The quantitative estimate of drug-likeness (QED) is 0.0195. The number of quaternary nitrogens is 1. The lowest BCUT2D eigenvalue weighted by atomic mass is 10.0. The van der Waals surface area contributed by atoms with Crippen LogP contribution in [0.4, 0.5) is 0 Å². The fraction of sp³-hybridized carbons (Fsp3) is 0.651. The minimum atomic E-state index is -4.64. The Kier molecular flexibility index (Phi) is 50.6. The number of allylic oxidation sites excluding steroid dienone is 20. The lowest BCUT2D eigenvalue weighted by molar-refractivity contribution is -0.870. The number of carbonyl (C=O) groups is 2. The molecule has 0 saturated carbocycles. The van der Waals surface area contributed by atoms with Crippen molar-refractivity contribution in [1.29, 1.82) is 0 Å². The van der Waals surface area contributed by atoms with Gasteiger partial charge >= 0.3 is 11.9 Å². The summed E-state index contributed by atoms with van der Waals surface area (Å²) in [7, 11) is 1.14. The van der Waals surface area contributed by atoms with Crippen molar-refractivity contribution in [3.05, 3.63) is 122 Å². The highest BCUT2D eigenvalue weighted by molar-refractivity contribution is 7.45. The Balaban J connectivity index is 4.14. The average Bonchev–Trinajstić information content (AvgIpc) is 3.35. The summed E-state index contributed by atoms with van der Waals surface area (Å²) in [5.41, 5.74) is 0. The van der Waals surface area contributed by atoms with E-state index in [1.54, 1.807) is 0 Å². The van der Waals surface area contributed by atoms with Crippen LogP contribution >= 0.6 is 7.82 Å². The molecule has 9 nitrogen and oxygen atoms in total. The van der Waals surface area contributed by atoms with E-state index >= 15 is 0 Å². The van der Waals surface area contributed by atoms with E-state index in [0.717, 1.165) is 122 Å². The van der Waals surface area contributed by atoms with E-state index in [4.69, 9.17) is 18.5 Å². The molecule has 0 spiro atoms. The molecular formula is C63H106NO8P. The Hall–Kier alpha value is -3.59. The Morgan fingerprint density at radius 1 is 0.438 bits per heavy atom. The van der Waals surface area contributed by atoms with Crippen LogP contribution in [0.5, 0.6) is 0 Å². The van der Waals surface area contributed by atoms with Gasteiger partial charge in [-0.1, -0.05) is 219 Å². The van der Waals surface area contributed by atoms with Gasteiger partial charge in [0.15, 0.2) is 6.10 Å². The van der Waals surface area contributed by atoms with E-state index in [9.17, 15) is 19.0 Å². The summed E-state index contributed by atoms with van der Waals surface area (Å²) >= 11 is 0. The maximum Gasteiger partial charge on any atom is 0.306 e. The molecule has 10 heteroatoms. The normalized spacial score (nSPS) is 14.2. The molecule has 0 aliphatic heterocycles. The van der Waals surface area contributed by atoms with Crippen molar-refractivity contribution in [2.75, 3.05) is 47.5 Å². The van der Waals surface area contributed by atoms with Gasteiger partial charge in [0.25, 0.3) is 7.82 Å². The third-order valence-corrected chi connectivity index (χ3v) is 12.7. The molecule has 0 saturated heterocycles. The Morgan fingerprint density at radius 3 is 1.16 bits per heavy atom. The van der Waals surface area contributed by atoms with Gasteiger partial charge in [0, 0.05) is 12.8 Å². The highest BCUT2D eigenvalue weighted by atomic mass is 31.2. The van der Waals surface area contributed by atoms with Crippen LogP contribution in [0.1, 0.15) is 213 Å². The van der Waals surface area contributed by atoms with Crippen LogP contribution in [0.2, 0.25) is 0 Å². The van der Waals surface area contributed by atoms with Crippen LogP contribution in [0.15, 0.2) is 122 Å². The van der Waals surface area contributed by atoms with Crippen LogP contribution in [-0.2, 0) is 32.7 Å². The highest BCUT2D eigenvalue weighted by Gasteiger charge is 2.21. The first-order valence-electron chi connectivity index (χ1n) is 28.7. The molecule has 2 unspecified atom stereocenters. The molecule has 0 rings (SSSR count). The van der Waals surface area contributed by atoms with Gasteiger partial charge in [0.1, 0.15) is 19.8 Å². The number of unbranched alkanes of at least 4 members (excludes halogenated alkanes) is 17. The number of phosphoric ester groups is 1. The lowest BCUT2D eigenvalue weighted by Gasteiger charge is -2.28. The van der Waals surface area contributed by atoms with E-state index in [2.05, 4.69) is 135 Å². The SMILES string of the molecule is CC/C=C\C/C=C\C/C=C\C/C=C\C/C=C\C/C=C\C/C=C\C/C=C\CCCCCCCCCCCCC(=O)OC(COC(=O)CCCCCCC/C=C\C/C=C\CCCC)COP(=O)([O-])OCC[N+](C)(C)C. The van der Waals surface area contributed by atoms with Crippen LogP contribution in [0.25, 0.3) is 0 Å². The fourth-order valence-electron chi connectivity index (χ4n) is 7.28. The maximum absolute atomic E-state index is 12.8. The van der Waals surface area contributed by atoms with Crippen LogP contribution in [0, 0.1) is 0 Å². The van der Waals surface area contributed by atoms with Gasteiger partial charge in [-0.2, -0.15) is 0 Å². The Labute approximate surface area is 448 Å². The highest BCUT2D eigenvalue weighted by Crippen LogP contribution is 2.38. The molecule has 0 radical (unpaired) electrons. The smallest absolute Gasteiger partial charge is 0.306 e. The molecule has 0 aromatic rings. The van der Waals surface area contributed by atoms with Gasteiger partial charge < -0.3 is 27.9 Å². The predicted molar refractivity (Wildman–Crippen MR) is 309 cm³/mol. The second kappa shape index (κ2) is 53.2. The minimum absolute atomic E-state index is 0.0399. The van der Waals surface area contributed by atoms with Gasteiger partial charge in [-0.05, 0) is 103 Å². The first kappa shape index (κ1) is 69.4. The lowest BCUT2D eigenvalue weighted by Crippen LogP contribution is -2.37.